The van der Waals surface area contributed by atoms with Gasteiger partial charge in [0, 0.05) is 6.20 Å². The molecule has 1 amide bonds. The van der Waals surface area contributed by atoms with Crippen LogP contribution in [0, 0.1) is 0 Å². The Morgan fingerprint density at radius 2 is 1.83 bits per heavy atom. The number of carboxylic acid groups (broad SMARTS) is 1. The second kappa shape index (κ2) is 7.59. The number of hydrogen-bond donors (Lipinski definition) is 3. The number of aromatic nitrogens is 2. The lowest BCUT2D eigenvalue weighted by Gasteiger charge is -2.26. The quantitative estimate of drug-likeness (QED) is 0.646. The average Bonchev–Trinajstić information content (AvgIpc) is 2.87. The Morgan fingerprint density at radius 3 is 2.30 bits per heavy atom. The standard InChI is InChI=1S/C16H27N3O4/c1-5-7-16(23,8-6-2)9-13(20)18-12-10-17-19(11-12)15(3,4)14(21)22/h10-11,23H,5-9H2,1-4H3,(H,18,20)(H,21,22). The minimum absolute atomic E-state index is 0.0161. The van der Waals surface area contributed by atoms with Gasteiger partial charge in [0.05, 0.1) is 23.9 Å². The fraction of sp³-hybridized carbons (Fsp3) is 0.688. The van der Waals surface area contributed by atoms with Crippen LogP contribution in [0.5, 0.6) is 0 Å². The van der Waals surface area contributed by atoms with Gasteiger partial charge in [-0.25, -0.2) is 4.79 Å². The van der Waals surface area contributed by atoms with Crippen LogP contribution in [-0.2, 0) is 15.1 Å². The summed E-state index contributed by atoms with van der Waals surface area (Å²) in [6.07, 6.45) is 5.64. The van der Waals surface area contributed by atoms with Crippen LogP contribution in [0.3, 0.4) is 0 Å². The van der Waals surface area contributed by atoms with Crippen LogP contribution < -0.4 is 5.32 Å². The summed E-state index contributed by atoms with van der Waals surface area (Å²) in [5.74, 6) is -1.32. The van der Waals surface area contributed by atoms with Crippen LogP contribution >= 0.6 is 0 Å². The first kappa shape index (κ1) is 19.2. The summed E-state index contributed by atoms with van der Waals surface area (Å²) in [7, 11) is 0. The minimum Gasteiger partial charge on any atom is -0.479 e. The lowest BCUT2D eigenvalue weighted by molar-refractivity contribution is -0.146. The molecule has 130 valence electrons. The Hall–Kier alpha value is -1.89. The van der Waals surface area contributed by atoms with E-state index in [0.717, 1.165) is 12.8 Å². The van der Waals surface area contributed by atoms with Crippen molar-refractivity contribution in [2.45, 2.75) is 70.9 Å². The Labute approximate surface area is 136 Å². The maximum atomic E-state index is 12.1. The van der Waals surface area contributed by atoms with Gasteiger partial charge in [-0.15, -0.1) is 0 Å². The number of carbonyl (C=O) groups is 2. The summed E-state index contributed by atoms with van der Waals surface area (Å²) in [5.41, 5.74) is -1.78. The molecule has 7 nitrogen and oxygen atoms in total. The summed E-state index contributed by atoms with van der Waals surface area (Å²) in [6.45, 7) is 6.98. The summed E-state index contributed by atoms with van der Waals surface area (Å²) < 4.78 is 1.29. The third-order valence-corrected chi connectivity index (χ3v) is 3.88. The summed E-state index contributed by atoms with van der Waals surface area (Å²) >= 11 is 0. The first-order chi connectivity index (χ1) is 10.6. The molecule has 0 fully saturated rings. The van der Waals surface area contributed by atoms with E-state index in [2.05, 4.69) is 10.4 Å². The second-order valence-corrected chi connectivity index (χ2v) is 6.49. The molecule has 0 aromatic carbocycles. The van der Waals surface area contributed by atoms with Gasteiger partial charge in [0.15, 0.2) is 5.54 Å². The average molecular weight is 325 g/mol. The zero-order valence-electron chi connectivity index (χ0n) is 14.3. The fourth-order valence-corrected chi connectivity index (χ4v) is 2.53. The van der Waals surface area contributed by atoms with E-state index in [-0.39, 0.29) is 12.3 Å². The number of amides is 1. The number of carbonyl (C=O) groups excluding carboxylic acids is 1. The van der Waals surface area contributed by atoms with Gasteiger partial charge in [-0.1, -0.05) is 26.7 Å². The third kappa shape index (κ3) is 5.06. The van der Waals surface area contributed by atoms with E-state index in [1.165, 1.54) is 30.9 Å². The Balaban J connectivity index is 2.75. The second-order valence-electron chi connectivity index (χ2n) is 6.49. The first-order valence-corrected chi connectivity index (χ1v) is 7.95. The maximum Gasteiger partial charge on any atom is 0.331 e. The lowest BCUT2D eigenvalue weighted by atomic mass is 9.89. The van der Waals surface area contributed by atoms with Crippen molar-refractivity contribution < 1.29 is 19.8 Å². The predicted molar refractivity (Wildman–Crippen MR) is 87.2 cm³/mol. The van der Waals surface area contributed by atoms with Crippen molar-refractivity contribution in [1.29, 1.82) is 0 Å². The van der Waals surface area contributed by atoms with Gasteiger partial charge in [-0.2, -0.15) is 5.10 Å². The summed E-state index contributed by atoms with van der Waals surface area (Å²) in [6, 6.07) is 0. The predicted octanol–water partition coefficient (Wildman–Crippen LogP) is 2.36. The molecule has 3 N–H and O–H groups in total. The molecule has 0 atom stereocenters. The summed E-state index contributed by atoms with van der Waals surface area (Å²) in [5, 5.41) is 26.3. The van der Waals surface area contributed by atoms with Crippen LogP contribution in [0.15, 0.2) is 12.4 Å². The van der Waals surface area contributed by atoms with Crippen molar-refractivity contribution in [1.82, 2.24) is 9.78 Å². The molecule has 0 aliphatic carbocycles. The van der Waals surface area contributed by atoms with Crippen LogP contribution in [-0.4, -0.2) is 37.5 Å². The van der Waals surface area contributed by atoms with E-state index in [4.69, 9.17) is 0 Å². The maximum absolute atomic E-state index is 12.1. The molecule has 0 aliphatic rings. The van der Waals surface area contributed by atoms with Crippen molar-refractivity contribution in [3.63, 3.8) is 0 Å². The number of hydrogen-bond acceptors (Lipinski definition) is 4. The molecule has 1 aromatic rings. The molecule has 23 heavy (non-hydrogen) atoms. The first-order valence-electron chi connectivity index (χ1n) is 7.95. The van der Waals surface area contributed by atoms with E-state index in [1.54, 1.807) is 0 Å². The van der Waals surface area contributed by atoms with Crippen molar-refractivity contribution in [3.05, 3.63) is 12.4 Å². The zero-order chi connectivity index (χ0) is 17.7. The molecule has 0 bridgehead atoms. The zero-order valence-corrected chi connectivity index (χ0v) is 14.3. The van der Waals surface area contributed by atoms with E-state index in [1.807, 2.05) is 13.8 Å². The third-order valence-electron chi connectivity index (χ3n) is 3.88. The lowest BCUT2D eigenvalue weighted by Crippen LogP contribution is -2.36. The molecule has 0 saturated carbocycles. The van der Waals surface area contributed by atoms with Gasteiger partial charge in [0.2, 0.25) is 5.91 Å². The number of carboxylic acids is 1. The molecule has 0 saturated heterocycles. The molecular formula is C16H27N3O4. The number of anilines is 1. The summed E-state index contributed by atoms with van der Waals surface area (Å²) in [4.78, 5) is 23.3. The highest BCUT2D eigenvalue weighted by Crippen LogP contribution is 2.24. The monoisotopic (exact) mass is 325 g/mol. The molecule has 1 aromatic heterocycles. The number of aliphatic hydroxyl groups is 1. The van der Waals surface area contributed by atoms with Gasteiger partial charge in [-0.3, -0.25) is 9.48 Å². The smallest absolute Gasteiger partial charge is 0.331 e. The molecule has 0 unspecified atom stereocenters. The van der Waals surface area contributed by atoms with E-state index in [0.29, 0.717) is 18.5 Å². The van der Waals surface area contributed by atoms with Gasteiger partial charge in [-0.05, 0) is 26.7 Å². The molecule has 7 heteroatoms. The van der Waals surface area contributed by atoms with Gasteiger partial charge in [0.25, 0.3) is 0 Å². The molecule has 0 radical (unpaired) electrons. The normalized spacial score (nSPS) is 12.2. The Kier molecular flexibility index (Phi) is 6.32. The van der Waals surface area contributed by atoms with E-state index >= 15 is 0 Å². The molecule has 0 aliphatic heterocycles. The van der Waals surface area contributed by atoms with Crippen molar-refractivity contribution in [3.8, 4) is 0 Å². The number of nitrogens with one attached hydrogen (secondary N) is 1. The van der Waals surface area contributed by atoms with Crippen molar-refractivity contribution in [2.24, 2.45) is 0 Å². The highest BCUT2D eigenvalue weighted by molar-refractivity contribution is 5.91. The largest absolute Gasteiger partial charge is 0.479 e. The van der Waals surface area contributed by atoms with Gasteiger partial charge >= 0.3 is 5.97 Å². The van der Waals surface area contributed by atoms with E-state index < -0.39 is 17.1 Å². The highest BCUT2D eigenvalue weighted by atomic mass is 16.4. The SMILES string of the molecule is CCCC(O)(CCC)CC(=O)Nc1cnn(C(C)(C)C(=O)O)c1. The topological polar surface area (TPSA) is 104 Å². The van der Waals surface area contributed by atoms with Gasteiger partial charge in [0.1, 0.15) is 0 Å². The van der Waals surface area contributed by atoms with Crippen LogP contribution in [0.25, 0.3) is 0 Å². The Bertz CT molecular complexity index is 545. The molecular weight excluding hydrogens is 298 g/mol. The van der Waals surface area contributed by atoms with Crippen molar-refractivity contribution in [2.75, 3.05) is 5.32 Å². The fourth-order valence-electron chi connectivity index (χ4n) is 2.53. The van der Waals surface area contributed by atoms with Crippen LogP contribution in [0.1, 0.15) is 59.8 Å². The highest BCUT2D eigenvalue weighted by Gasteiger charge is 2.31. The molecule has 1 heterocycles. The minimum atomic E-state index is -1.20. The van der Waals surface area contributed by atoms with Gasteiger partial charge < -0.3 is 15.5 Å². The molecule has 0 spiro atoms. The number of nitrogens with zero attached hydrogens (tertiary/aromatic N) is 2. The number of rotatable bonds is 9. The van der Waals surface area contributed by atoms with Crippen molar-refractivity contribution >= 4 is 17.6 Å². The van der Waals surface area contributed by atoms with Crippen LogP contribution in [0.4, 0.5) is 5.69 Å². The molecule has 1 rings (SSSR count). The van der Waals surface area contributed by atoms with E-state index in [9.17, 15) is 19.8 Å². The number of aliphatic carboxylic acids is 1. The van der Waals surface area contributed by atoms with Crippen LogP contribution in [0.2, 0.25) is 0 Å². The Morgan fingerprint density at radius 1 is 1.26 bits per heavy atom.